The summed E-state index contributed by atoms with van der Waals surface area (Å²) in [5.74, 6) is -13.1. The molecule has 162 valence electrons. The van der Waals surface area contributed by atoms with Crippen molar-refractivity contribution in [2.75, 3.05) is 6.61 Å². The fourth-order valence-corrected chi connectivity index (χ4v) is 1.70. The van der Waals surface area contributed by atoms with Gasteiger partial charge in [-0.05, 0) is 12.1 Å². The van der Waals surface area contributed by atoms with Gasteiger partial charge in [-0.15, -0.1) is 0 Å². The van der Waals surface area contributed by atoms with Gasteiger partial charge in [0, 0.05) is 0 Å². The predicted molar refractivity (Wildman–Crippen MR) is 79.7 cm³/mol. The van der Waals surface area contributed by atoms with Crippen LogP contribution in [0.5, 0.6) is 5.75 Å². The molecule has 0 aliphatic heterocycles. The number of ether oxygens (including phenoxy) is 3. The van der Waals surface area contributed by atoms with Crippen molar-refractivity contribution in [3.63, 3.8) is 0 Å². The standard InChI is InChI=1S/C14H10F6O8S/c1-8(15)10(21)28-13(14(18,19)20,26-7-12(16,17)29(23,24)25)11(22)27-9-5-3-2-4-6-9/h2-6H,1,7H2,(H,23,24,25). The van der Waals surface area contributed by atoms with Crippen LogP contribution in [0.3, 0.4) is 0 Å². The molecule has 0 saturated carbocycles. The Kier molecular flexibility index (Phi) is 7.05. The zero-order chi connectivity index (χ0) is 22.7. The number of rotatable bonds is 8. The Morgan fingerprint density at radius 3 is 2.00 bits per heavy atom. The van der Waals surface area contributed by atoms with Crippen LogP contribution in [0.2, 0.25) is 0 Å². The largest absolute Gasteiger partial charge is 0.468 e. The first kappa shape index (κ1) is 24.4. The molecule has 0 spiro atoms. The normalized spacial score (nSPS) is 14.6. The van der Waals surface area contributed by atoms with Crippen LogP contribution in [0, 0.1) is 0 Å². The third kappa shape index (κ3) is 5.68. The number of halogens is 6. The molecule has 1 unspecified atom stereocenters. The van der Waals surface area contributed by atoms with Gasteiger partial charge in [-0.3, -0.25) is 4.55 Å². The van der Waals surface area contributed by atoms with Crippen molar-refractivity contribution in [1.82, 2.24) is 0 Å². The second kappa shape index (κ2) is 8.38. The summed E-state index contributed by atoms with van der Waals surface area (Å²) < 4.78 is 121. The van der Waals surface area contributed by atoms with E-state index >= 15 is 0 Å². The molecular formula is C14H10F6O8S. The monoisotopic (exact) mass is 452 g/mol. The lowest BCUT2D eigenvalue weighted by Crippen LogP contribution is -2.60. The zero-order valence-electron chi connectivity index (χ0n) is 13.8. The first-order chi connectivity index (χ1) is 13.0. The molecule has 0 aliphatic carbocycles. The molecule has 1 rings (SSSR count). The van der Waals surface area contributed by atoms with Gasteiger partial charge in [0.15, 0.2) is 0 Å². The number of esters is 2. The van der Waals surface area contributed by atoms with Crippen LogP contribution in [0.1, 0.15) is 0 Å². The van der Waals surface area contributed by atoms with E-state index in [2.05, 4.69) is 20.8 Å². The number of carbonyl (C=O) groups excluding carboxylic acids is 2. The molecule has 1 aromatic carbocycles. The molecule has 0 radical (unpaired) electrons. The quantitative estimate of drug-likeness (QED) is 0.160. The van der Waals surface area contributed by atoms with E-state index in [1.807, 2.05) is 0 Å². The second-order valence-corrected chi connectivity index (χ2v) is 6.56. The smallest absolute Gasteiger partial charge is 0.421 e. The lowest BCUT2D eigenvalue weighted by atomic mass is 10.2. The minimum absolute atomic E-state index is 0.605. The number of alkyl halides is 5. The number of carbonyl (C=O) groups is 2. The van der Waals surface area contributed by atoms with Gasteiger partial charge < -0.3 is 14.2 Å². The van der Waals surface area contributed by atoms with Crippen molar-refractivity contribution in [2.45, 2.75) is 17.2 Å². The topological polar surface area (TPSA) is 116 Å². The summed E-state index contributed by atoms with van der Waals surface area (Å²) in [5.41, 5.74) is 0. The fourth-order valence-electron chi connectivity index (χ4n) is 1.49. The molecule has 0 bridgehead atoms. The van der Waals surface area contributed by atoms with Gasteiger partial charge in [-0.25, -0.2) is 9.59 Å². The molecule has 29 heavy (non-hydrogen) atoms. The van der Waals surface area contributed by atoms with Crippen molar-refractivity contribution in [3.8, 4) is 5.75 Å². The summed E-state index contributed by atoms with van der Waals surface area (Å²) in [4.78, 5) is 23.3. The van der Waals surface area contributed by atoms with Crippen LogP contribution in [0.25, 0.3) is 0 Å². The Morgan fingerprint density at radius 2 is 1.59 bits per heavy atom. The van der Waals surface area contributed by atoms with Crippen molar-refractivity contribution in [2.24, 2.45) is 0 Å². The van der Waals surface area contributed by atoms with Crippen LogP contribution in [-0.2, 0) is 29.2 Å². The van der Waals surface area contributed by atoms with E-state index in [0.717, 1.165) is 12.1 Å². The van der Waals surface area contributed by atoms with E-state index in [4.69, 9.17) is 4.55 Å². The van der Waals surface area contributed by atoms with Gasteiger partial charge in [-0.1, -0.05) is 24.8 Å². The van der Waals surface area contributed by atoms with Gasteiger partial charge in [0.05, 0.1) is 0 Å². The van der Waals surface area contributed by atoms with Gasteiger partial charge >= 0.3 is 39.3 Å². The Morgan fingerprint density at radius 1 is 1.07 bits per heavy atom. The van der Waals surface area contributed by atoms with Crippen LogP contribution < -0.4 is 4.74 Å². The number of para-hydroxylation sites is 1. The molecule has 0 heterocycles. The van der Waals surface area contributed by atoms with E-state index in [1.165, 1.54) is 18.2 Å². The van der Waals surface area contributed by atoms with Crippen molar-refractivity contribution in [1.29, 1.82) is 0 Å². The highest BCUT2D eigenvalue weighted by atomic mass is 32.2. The maximum absolute atomic E-state index is 13.5. The third-order valence-corrected chi connectivity index (χ3v) is 3.75. The van der Waals surface area contributed by atoms with Gasteiger partial charge in [0.1, 0.15) is 12.4 Å². The second-order valence-electron chi connectivity index (χ2n) is 5.01. The van der Waals surface area contributed by atoms with Crippen LogP contribution in [0.15, 0.2) is 42.7 Å². The molecule has 0 aromatic heterocycles. The highest BCUT2D eigenvalue weighted by Crippen LogP contribution is 2.39. The average Bonchev–Trinajstić information content (AvgIpc) is 2.56. The number of hydrogen-bond donors (Lipinski definition) is 1. The molecule has 15 heteroatoms. The Bertz CT molecular complexity index is 883. The van der Waals surface area contributed by atoms with Crippen molar-refractivity contribution in [3.05, 3.63) is 42.7 Å². The average molecular weight is 452 g/mol. The molecule has 8 nitrogen and oxygen atoms in total. The Hall–Kier alpha value is -2.65. The van der Waals surface area contributed by atoms with Gasteiger partial charge in [0.2, 0.25) is 5.83 Å². The minimum Gasteiger partial charge on any atom is -0.421 e. The zero-order valence-corrected chi connectivity index (χ0v) is 14.6. The molecule has 1 N–H and O–H groups in total. The molecule has 0 saturated heterocycles. The SMILES string of the molecule is C=C(F)C(=O)OC(OCC(F)(F)S(=O)(=O)O)(C(=O)Oc1ccccc1)C(F)(F)F. The first-order valence-corrected chi connectivity index (χ1v) is 8.38. The summed E-state index contributed by atoms with van der Waals surface area (Å²) in [6, 6.07) is 5.58. The van der Waals surface area contributed by atoms with E-state index in [1.54, 1.807) is 0 Å². The maximum Gasteiger partial charge on any atom is 0.468 e. The third-order valence-electron chi connectivity index (χ3n) is 2.87. The molecular weight excluding hydrogens is 442 g/mol. The van der Waals surface area contributed by atoms with Gasteiger partial charge in [-0.2, -0.15) is 34.8 Å². The summed E-state index contributed by atoms with van der Waals surface area (Å²) in [5, 5.41) is -5.38. The fraction of sp³-hybridized carbons (Fsp3) is 0.286. The van der Waals surface area contributed by atoms with E-state index in [0.29, 0.717) is 0 Å². The van der Waals surface area contributed by atoms with E-state index in [-0.39, 0.29) is 0 Å². The number of hydrogen-bond acceptors (Lipinski definition) is 7. The lowest BCUT2D eigenvalue weighted by Gasteiger charge is -2.32. The Balaban J connectivity index is 3.44. The molecule has 0 fully saturated rings. The summed E-state index contributed by atoms with van der Waals surface area (Å²) in [7, 11) is -6.31. The number of benzene rings is 1. The molecule has 1 atom stereocenters. The minimum atomic E-state index is -6.31. The molecule has 0 amide bonds. The highest BCUT2D eigenvalue weighted by Gasteiger charge is 2.69. The first-order valence-electron chi connectivity index (χ1n) is 6.94. The van der Waals surface area contributed by atoms with Crippen molar-refractivity contribution < 1.29 is 63.1 Å². The van der Waals surface area contributed by atoms with Crippen molar-refractivity contribution >= 4 is 22.1 Å². The van der Waals surface area contributed by atoms with E-state index < -0.39 is 57.5 Å². The Labute approximate surface area is 158 Å². The van der Waals surface area contributed by atoms with Crippen LogP contribution in [-0.4, -0.2) is 48.7 Å². The summed E-state index contributed by atoms with van der Waals surface area (Å²) >= 11 is 0. The highest BCUT2D eigenvalue weighted by molar-refractivity contribution is 7.86. The summed E-state index contributed by atoms with van der Waals surface area (Å²) in [6.45, 7) is -0.520. The molecule has 0 aliphatic rings. The van der Waals surface area contributed by atoms with Gasteiger partial charge in [0.25, 0.3) is 0 Å². The lowest BCUT2D eigenvalue weighted by molar-refractivity contribution is -0.357. The van der Waals surface area contributed by atoms with Crippen LogP contribution in [0.4, 0.5) is 26.3 Å². The van der Waals surface area contributed by atoms with Crippen LogP contribution >= 0.6 is 0 Å². The molecule has 1 aromatic rings. The summed E-state index contributed by atoms with van der Waals surface area (Å²) in [6.07, 6.45) is -6.18. The van der Waals surface area contributed by atoms with E-state index in [9.17, 15) is 44.3 Å². The predicted octanol–water partition coefficient (Wildman–Crippen LogP) is 2.37. The maximum atomic E-state index is 13.5.